The van der Waals surface area contributed by atoms with Gasteiger partial charge in [0.25, 0.3) is 0 Å². The summed E-state index contributed by atoms with van der Waals surface area (Å²) in [6, 6.07) is 0. The first-order chi connectivity index (χ1) is 8.10. The van der Waals surface area contributed by atoms with Crippen LogP contribution in [0.1, 0.15) is 23.1 Å². The normalized spacial score (nSPS) is 10.9. The molecule has 0 aromatic carbocycles. The van der Waals surface area contributed by atoms with Crippen molar-refractivity contribution in [3.63, 3.8) is 0 Å². The highest BCUT2D eigenvalue weighted by atomic mass is 35.5. The number of ether oxygens (including phenoxy) is 1. The zero-order valence-electron chi connectivity index (χ0n) is 10.3. The molecule has 0 saturated carbocycles. The lowest BCUT2D eigenvalue weighted by Gasteiger charge is -2.10. The minimum absolute atomic E-state index is 0.189. The summed E-state index contributed by atoms with van der Waals surface area (Å²) in [5, 5.41) is 7.74. The Morgan fingerprint density at radius 3 is 2.76 bits per heavy atom. The molecule has 0 aliphatic rings. The Morgan fingerprint density at radius 1 is 1.53 bits per heavy atom. The Hall–Kier alpha value is -1.14. The van der Waals surface area contributed by atoms with Gasteiger partial charge in [0.1, 0.15) is 0 Å². The first-order valence-electron chi connectivity index (χ1n) is 5.40. The van der Waals surface area contributed by atoms with Crippen molar-refractivity contribution in [1.82, 2.24) is 19.9 Å². The predicted molar refractivity (Wildman–Crippen MR) is 64.1 cm³/mol. The van der Waals surface area contributed by atoms with E-state index < -0.39 is 5.97 Å². The molecule has 0 saturated heterocycles. The minimum Gasteiger partial charge on any atom is -0.461 e. The van der Waals surface area contributed by atoms with Gasteiger partial charge in [-0.3, -0.25) is 0 Å². The van der Waals surface area contributed by atoms with Crippen LogP contribution in [0.4, 0.5) is 0 Å². The molecule has 0 radical (unpaired) electrons. The molecule has 1 rings (SSSR count). The van der Waals surface area contributed by atoms with E-state index in [1.807, 2.05) is 19.0 Å². The van der Waals surface area contributed by atoms with Crippen LogP contribution in [0.5, 0.6) is 0 Å². The van der Waals surface area contributed by atoms with Crippen molar-refractivity contribution in [2.24, 2.45) is 0 Å². The number of nitrogens with zero attached hydrogens (tertiary/aromatic N) is 4. The molecule has 0 aliphatic carbocycles. The first-order valence-corrected chi connectivity index (χ1v) is 5.93. The molecule has 0 bridgehead atoms. The summed E-state index contributed by atoms with van der Waals surface area (Å²) in [6.07, 6.45) is 0. The smallest absolute Gasteiger partial charge is 0.360 e. The maximum absolute atomic E-state index is 11.6. The largest absolute Gasteiger partial charge is 0.461 e. The summed E-state index contributed by atoms with van der Waals surface area (Å²) >= 11 is 5.82. The third-order valence-corrected chi connectivity index (χ3v) is 2.45. The van der Waals surface area contributed by atoms with Gasteiger partial charge in [0.2, 0.25) is 0 Å². The fourth-order valence-corrected chi connectivity index (χ4v) is 1.56. The molecule has 0 amide bonds. The van der Waals surface area contributed by atoms with E-state index in [-0.39, 0.29) is 11.6 Å². The van der Waals surface area contributed by atoms with Gasteiger partial charge in [0.05, 0.1) is 24.7 Å². The maximum atomic E-state index is 11.6. The number of likely N-dealkylation sites (N-methyl/N-ethyl adjacent to an activating group) is 1. The van der Waals surface area contributed by atoms with Gasteiger partial charge in [0, 0.05) is 6.54 Å². The number of carbonyl (C=O) groups is 1. The van der Waals surface area contributed by atoms with Crippen LogP contribution >= 0.6 is 11.6 Å². The van der Waals surface area contributed by atoms with E-state index in [1.54, 1.807) is 11.6 Å². The van der Waals surface area contributed by atoms with E-state index in [4.69, 9.17) is 16.3 Å². The number of carbonyl (C=O) groups excluding carboxylic acids is 1. The number of esters is 1. The van der Waals surface area contributed by atoms with Crippen molar-refractivity contribution in [3.8, 4) is 0 Å². The van der Waals surface area contributed by atoms with Crippen LogP contribution in [-0.4, -0.2) is 53.1 Å². The van der Waals surface area contributed by atoms with E-state index in [9.17, 15) is 4.79 Å². The van der Waals surface area contributed by atoms with Crippen molar-refractivity contribution >= 4 is 17.6 Å². The highest BCUT2D eigenvalue weighted by Gasteiger charge is 2.19. The number of aromatic nitrogens is 3. The van der Waals surface area contributed by atoms with Gasteiger partial charge in [-0.2, -0.15) is 0 Å². The third kappa shape index (κ3) is 3.67. The summed E-state index contributed by atoms with van der Waals surface area (Å²) in [7, 11) is 3.92. The molecule has 0 unspecified atom stereocenters. The number of rotatable bonds is 6. The van der Waals surface area contributed by atoms with Crippen molar-refractivity contribution < 1.29 is 9.53 Å². The Labute approximate surface area is 105 Å². The lowest BCUT2D eigenvalue weighted by Crippen LogP contribution is -2.20. The van der Waals surface area contributed by atoms with E-state index >= 15 is 0 Å². The van der Waals surface area contributed by atoms with Gasteiger partial charge >= 0.3 is 5.97 Å². The molecule has 96 valence electrons. The fraction of sp³-hybridized carbons (Fsp3) is 0.700. The number of alkyl halides is 1. The second kappa shape index (κ2) is 6.56. The Kier molecular flexibility index (Phi) is 5.37. The summed E-state index contributed by atoms with van der Waals surface area (Å²) in [6.45, 7) is 3.50. The van der Waals surface area contributed by atoms with Gasteiger partial charge in [-0.1, -0.05) is 5.21 Å². The molecule has 1 heterocycles. The van der Waals surface area contributed by atoms with Crippen molar-refractivity contribution in [3.05, 3.63) is 11.4 Å². The Balaban J connectivity index is 2.83. The summed E-state index contributed by atoms with van der Waals surface area (Å²) in [5.74, 6) is -0.284. The van der Waals surface area contributed by atoms with Gasteiger partial charge < -0.3 is 9.64 Å². The van der Waals surface area contributed by atoms with Crippen LogP contribution in [0.25, 0.3) is 0 Å². The Morgan fingerprint density at radius 2 is 2.24 bits per heavy atom. The van der Waals surface area contributed by atoms with Crippen LogP contribution in [0.2, 0.25) is 0 Å². The minimum atomic E-state index is -0.473. The first kappa shape index (κ1) is 13.9. The fourth-order valence-electron chi connectivity index (χ4n) is 1.30. The second-order valence-electron chi connectivity index (χ2n) is 3.77. The second-order valence-corrected chi connectivity index (χ2v) is 4.03. The molecule has 0 aliphatic heterocycles. The highest BCUT2D eigenvalue weighted by molar-refractivity contribution is 6.17. The third-order valence-electron chi connectivity index (χ3n) is 2.19. The van der Waals surface area contributed by atoms with Crippen molar-refractivity contribution in [1.29, 1.82) is 0 Å². The van der Waals surface area contributed by atoms with Crippen molar-refractivity contribution in [2.75, 3.05) is 27.2 Å². The molecular weight excluding hydrogens is 244 g/mol. The molecule has 0 fully saturated rings. The molecule has 1 aromatic heterocycles. The molecule has 17 heavy (non-hydrogen) atoms. The summed E-state index contributed by atoms with van der Waals surface area (Å²) in [4.78, 5) is 13.6. The SMILES string of the molecule is CCOC(=O)c1nnn(CCN(C)C)c1CCl. The molecule has 1 aromatic rings. The van der Waals surface area contributed by atoms with E-state index in [0.29, 0.717) is 18.8 Å². The molecule has 6 nitrogen and oxygen atoms in total. The Bertz CT molecular complexity index is 378. The predicted octanol–water partition coefficient (Wildman–Crippen LogP) is 0.755. The molecule has 7 heteroatoms. The maximum Gasteiger partial charge on any atom is 0.360 e. The number of hydrogen-bond acceptors (Lipinski definition) is 5. The van der Waals surface area contributed by atoms with Gasteiger partial charge in [-0.05, 0) is 21.0 Å². The monoisotopic (exact) mass is 260 g/mol. The van der Waals surface area contributed by atoms with Crippen LogP contribution in [0, 0.1) is 0 Å². The van der Waals surface area contributed by atoms with Gasteiger partial charge in [0.15, 0.2) is 5.69 Å². The average molecular weight is 261 g/mol. The summed E-state index contributed by atoms with van der Waals surface area (Å²) < 4.78 is 6.52. The summed E-state index contributed by atoms with van der Waals surface area (Å²) in [5.41, 5.74) is 0.813. The molecule has 0 N–H and O–H groups in total. The van der Waals surface area contributed by atoms with Crippen LogP contribution in [0.3, 0.4) is 0 Å². The van der Waals surface area contributed by atoms with Gasteiger partial charge in [-0.25, -0.2) is 9.48 Å². The molecule has 0 atom stereocenters. The zero-order valence-corrected chi connectivity index (χ0v) is 11.1. The van der Waals surface area contributed by atoms with Crippen molar-refractivity contribution in [2.45, 2.75) is 19.3 Å². The topological polar surface area (TPSA) is 60.2 Å². The number of hydrogen-bond donors (Lipinski definition) is 0. The molecular formula is C10H17ClN4O2. The lowest BCUT2D eigenvalue weighted by molar-refractivity contribution is 0.0518. The lowest BCUT2D eigenvalue weighted by atomic mass is 10.3. The zero-order chi connectivity index (χ0) is 12.8. The molecule has 0 spiro atoms. The van der Waals surface area contributed by atoms with Crippen LogP contribution in [0.15, 0.2) is 0 Å². The average Bonchev–Trinajstić information content (AvgIpc) is 2.69. The van der Waals surface area contributed by atoms with E-state index in [1.165, 1.54) is 0 Å². The van der Waals surface area contributed by atoms with Crippen LogP contribution in [-0.2, 0) is 17.2 Å². The van der Waals surface area contributed by atoms with Gasteiger partial charge in [-0.15, -0.1) is 16.7 Å². The highest BCUT2D eigenvalue weighted by Crippen LogP contribution is 2.10. The van der Waals surface area contributed by atoms with Crippen LogP contribution < -0.4 is 0 Å². The van der Waals surface area contributed by atoms with E-state index in [2.05, 4.69) is 10.3 Å². The number of halogens is 1. The van der Waals surface area contributed by atoms with E-state index in [0.717, 1.165) is 6.54 Å². The standard InChI is InChI=1S/C10H17ClN4O2/c1-4-17-10(16)9-8(7-11)15(13-12-9)6-5-14(2)3/h4-7H2,1-3H3. The quantitative estimate of drug-likeness (QED) is 0.558.